The summed E-state index contributed by atoms with van der Waals surface area (Å²) in [6.45, 7) is 4.02. The molecule has 0 fully saturated rings. The van der Waals surface area contributed by atoms with E-state index in [2.05, 4.69) is 6.58 Å². The van der Waals surface area contributed by atoms with Gasteiger partial charge >= 0.3 is 11.9 Å². The van der Waals surface area contributed by atoms with Crippen LogP contribution in [0.25, 0.3) is 21.9 Å². The molecule has 152 valence electrons. The highest BCUT2D eigenvalue weighted by atomic mass is 16.6. The molecule has 4 aromatic rings. The molecule has 0 saturated heterocycles. The van der Waals surface area contributed by atoms with Crippen LogP contribution in [-0.4, -0.2) is 18.5 Å². The second-order valence-corrected chi connectivity index (χ2v) is 6.91. The summed E-state index contributed by atoms with van der Waals surface area (Å²) >= 11 is 0. The van der Waals surface area contributed by atoms with Crippen LogP contribution < -0.4 is 4.74 Å². The first-order chi connectivity index (χ1) is 15.2. The number of hydrogen-bond acceptors (Lipinski definition) is 4. The maximum atomic E-state index is 12.7. The molecule has 0 aromatic heterocycles. The summed E-state index contributed by atoms with van der Waals surface area (Å²) < 4.78 is 10.7. The lowest BCUT2D eigenvalue weighted by Gasteiger charge is -2.09. The zero-order valence-corrected chi connectivity index (χ0v) is 16.8. The predicted octanol–water partition coefficient (Wildman–Crippen LogP) is 6.07. The Labute approximate surface area is 180 Å². The third-order valence-corrected chi connectivity index (χ3v) is 4.85. The highest BCUT2D eigenvalue weighted by molar-refractivity contribution is 6.09. The second kappa shape index (κ2) is 9.09. The van der Waals surface area contributed by atoms with Gasteiger partial charge in [-0.05, 0) is 58.3 Å². The lowest BCUT2D eigenvalue weighted by Crippen LogP contribution is -2.13. The van der Waals surface area contributed by atoms with Crippen molar-refractivity contribution in [1.29, 1.82) is 0 Å². The molecule has 0 aliphatic rings. The largest absolute Gasteiger partial charge is 0.490 e. The summed E-state index contributed by atoms with van der Waals surface area (Å²) in [5.41, 5.74) is 2.66. The van der Waals surface area contributed by atoms with E-state index in [9.17, 15) is 9.59 Å². The minimum Gasteiger partial charge on any atom is -0.490 e. The Bertz CT molecular complexity index is 1240. The molecule has 0 saturated carbocycles. The van der Waals surface area contributed by atoms with E-state index in [-0.39, 0.29) is 0 Å². The van der Waals surface area contributed by atoms with Gasteiger partial charge in [0, 0.05) is 0 Å². The van der Waals surface area contributed by atoms with Gasteiger partial charge in [-0.3, -0.25) is 0 Å². The molecule has 0 aliphatic carbocycles. The van der Waals surface area contributed by atoms with Gasteiger partial charge in [0.15, 0.2) is 0 Å². The summed E-state index contributed by atoms with van der Waals surface area (Å²) in [6, 6.07) is 27.5. The first-order valence-electron chi connectivity index (χ1n) is 9.84. The van der Waals surface area contributed by atoms with Crippen molar-refractivity contribution >= 4 is 22.7 Å². The van der Waals surface area contributed by atoms with Gasteiger partial charge in [0.05, 0.1) is 11.1 Å². The fourth-order valence-electron chi connectivity index (χ4n) is 3.31. The highest BCUT2D eigenvalue weighted by Gasteiger charge is 2.17. The molecule has 0 bridgehead atoms. The zero-order valence-electron chi connectivity index (χ0n) is 16.8. The normalized spacial score (nSPS) is 10.5. The Morgan fingerprint density at radius 2 is 1.52 bits per heavy atom. The van der Waals surface area contributed by atoms with E-state index in [4.69, 9.17) is 9.47 Å². The van der Waals surface area contributed by atoms with Crippen LogP contribution in [0.4, 0.5) is 0 Å². The average Bonchev–Trinajstić information content (AvgIpc) is 2.82. The number of ether oxygens (including phenoxy) is 2. The van der Waals surface area contributed by atoms with Gasteiger partial charge in [0.25, 0.3) is 0 Å². The van der Waals surface area contributed by atoms with Gasteiger partial charge in [-0.2, -0.15) is 0 Å². The van der Waals surface area contributed by atoms with Crippen LogP contribution >= 0.6 is 0 Å². The van der Waals surface area contributed by atoms with E-state index in [1.54, 1.807) is 42.5 Å². The van der Waals surface area contributed by atoms with Crippen molar-refractivity contribution in [3.63, 3.8) is 0 Å². The average molecular weight is 408 g/mol. The first-order valence-corrected chi connectivity index (χ1v) is 9.84. The Kier molecular flexibility index (Phi) is 5.90. The molecule has 0 aliphatic heterocycles. The third kappa shape index (κ3) is 4.54. The molecule has 4 rings (SSSR count). The molecule has 0 N–H and O–H groups in total. The lowest BCUT2D eigenvalue weighted by atomic mass is 10.0. The smallest absolute Gasteiger partial charge is 0.346 e. The van der Waals surface area contributed by atoms with Crippen LogP contribution in [0.15, 0.2) is 104 Å². The Balaban J connectivity index is 1.52. The van der Waals surface area contributed by atoms with Crippen LogP contribution in [0.3, 0.4) is 0 Å². The van der Waals surface area contributed by atoms with E-state index in [1.807, 2.05) is 54.6 Å². The van der Waals surface area contributed by atoms with Crippen molar-refractivity contribution < 1.29 is 19.1 Å². The molecule has 4 nitrogen and oxygen atoms in total. The number of carbonyl (C=O) groups is 2. The molecular weight excluding hydrogens is 388 g/mol. The standard InChI is InChI=1S/C27H20O4/c1-2-17-30-23-15-16-24-22(18-23)9-6-10-25(24)27(29)31-26(28)21-13-11-20(12-14-21)19-7-4-3-5-8-19/h2-16,18H,1,17H2. The minimum atomic E-state index is -0.692. The molecule has 31 heavy (non-hydrogen) atoms. The topological polar surface area (TPSA) is 52.6 Å². The number of hydrogen-bond donors (Lipinski definition) is 0. The second-order valence-electron chi connectivity index (χ2n) is 6.91. The van der Waals surface area contributed by atoms with Crippen LogP contribution in [0.2, 0.25) is 0 Å². The minimum absolute atomic E-state index is 0.313. The molecular formula is C27H20O4. The van der Waals surface area contributed by atoms with E-state index in [0.717, 1.165) is 16.5 Å². The van der Waals surface area contributed by atoms with Crippen LogP contribution in [0.5, 0.6) is 5.75 Å². The van der Waals surface area contributed by atoms with E-state index in [1.165, 1.54) is 0 Å². The molecule has 0 atom stereocenters. The van der Waals surface area contributed by atoms with Crippen molar-refractivity contribution in [2.24, 2.45) is 0 Å². The molecule has 4 aromatic carbocycles. The van der Waals surface area contributed by atoms with Crippen molar-refractivity contribution in [2.45, 2.75) is 0 Å². The number of carbonyl (C=O) groups excluding carboxylic acids is 2. The van der Waals surface area contributed by atoms with Crippen molar-refractivity contribution in [1.82, 2.24) is 0 Å². The number of esters is 2. The molecule has 0 unspecified atom stereocenters. The fourth-order valence-corrected chi connectivity index (χ4v) is 3.31. The van der Waals surface area contributed by atoms with Crippen molar-refractivity contribution in [3.8, 4) is 16.9 Å². The fraction of sp³-hybridized carbons (Fsp3) is 0.0370. The van der Waals surface area contributed by atoms with Crippen LogP contribution in [0.1, 0.15) is 20.7 Å². The van der Waals surface area contributed by atoms with E-state index in [0.29, 0.717) is 28.9 Å². The summed E-state index contributed by atoms with van der Waals surface area (Å²) in [6.07, 6.45) is 1.66. The van der Waals surface area contributed by atoms with Gasteiger partial charge in [-0.25, -0.2) is 9.59 Å². The van der Waals surface area contributed by atoms with Crippen LogP contribution in [-0.2, 0) is 4.74 Å². The van der Waals surface area contributed by atoms with Crippen molar-refractivity contribution in [2.75, 3.05) is 6.61 Å². The summed E-state index contributed by atoms with van der Waals surface area (Å²) in [5.74, 6) is -0.706. The van der Waals surface area contributed by atoms with E-state index < -0.39 is 11.9 Å². The predicted molar refractivity (Wildman–Crippen MR) is 121 cm³/mol. The maximum absolute atomic E-state index is 12.7. The number of fused-ring (bicyclic) bond motifs is 1. The summed E-state index contributed by atoms with van der Waals surface area (Å²) in [7, 11) is 0. The third-order valence-electron chi connectivity index (χ3n) is 4.85. The zero-order chi connectivity index (χ0) is 21.6. The molecule has 0 radical (unpaired) electrons. The molecule has 0 spiro atoms. The monoisotopic (exact) mass is 408 g/mol. The van der Waals surface area contributed by atoms with Gasteiger partial charge in [-0.15, -0.1) is 0 Å². The van der Waals surface area contributed by atoms with Crippen LogP contribution in [0, 0.1) is 0 Å². The lowest BCUT2D eigenvalue weighted by molar-refractivity contribution is 0.0399. The molecule has 4 heteroatoms. The summed E-state index contributed by atoms with van der Waals surface area (Å²) in [4.78, 5) is 25.2. The number of benzene rings is 4. The Morgan fingerprint density at radius 3 is 2.26 bits per heavy atom. The SMILES string of the molecule is C=CCOc1ccc2c(C(=O)OC(=O)c3ccc(-c4ccccc4)cc3)cccc2c1. The van der Waals surface area contributed by atoms with E-state index >= 15 is 0 Å². The number of rotatable bonds is 6. The van der Waals surface area contributed by atoms with Gasteiger partial charge < -0.3 is 9.47 Å². The molecule has 0 heterocycles. The summed E-state index contributed by atoms with van der Waals surface area (Å²) in [5, 5.41) is 1.50. The van der Waals surface area contributed by atoms with Gasteiger partial charge in [0.1, 0.15) is 12.4 Å². The Hall–Kier alpha value is -4.18. The maximum Gasteiger partial charge on any atom is 0.346 e. The quantitative estimate of drug-likeness (QED) is 0.221. The van der Waals surface area contributed by atoms with Gasteiger partial charge in [0.2, 0.25) is 0 Å². The first kappa shape index (κ1) is 20.1. The highest BCUT2D eigenvalue weighted by Crippen LogP contribution is 2.25. The van der Waals surface area contributed by atoms with Gasteiger partial charge in [-0.1, -0.05) is 67.3 Å². The van der Waals surface area contributed by atoms with Crippen molar-refractivity contribution in [3.05, 3.63) is 115 Å². The molecule has 0 amide bonds. The Morgan fingerprint density at radius 1 is 0.774 bits per heavy atom.